The van der Waals surface area contributed by atoms with Crippen molar-refractivity contribution in [2.24, 2.45) is 0 Å². The lowest BCUT2D eigenvalue weighted by molar-refractivity contribution is -0.117. The molecule has 2 aromatic carbocycles. The number of carboxylic acids is 1. The van der Waals surface area contributed by atoms with Crippen LogP contribution in [0.1, 0.15) is 21.5 Å². The number of aromatic nitrogens is 1. The number of carbonyl (C=O) groups is 2. The van der Waals surface area contributed by atoms with E-state index in [1.807, 2.05) is 36.4 Å². The molecule has 0 saturated carbocycles. The van der Waals surface area contributed by atoms with Crippen molar-refractivity contribution in [3.63, 3.8) is 0 Å². The van der Waals surface area contributed by atoms with E-state index in [2.05, 4.69) is 4.98 Å². The molecule has 0 fully saturated rings. The zero-order chi connectivity index (χ0) is 18.5. The molecule has 0 aliphatic heterocycles. The van der Waals surface area contributed by atoms with E-state index < -0.39 is 5.97 Å². The number of aromatic carboxylic acids is 1. The quantitative estimate of drug-likeness (QED) is 0.700. The molecule has 26 heavy (non-hydrogen) atoms. The Hall–Kier alpha value is -2.98. The molecule has 0 radical (unpaired) electrons. The Morgan fingerprint density at radius 2 is 1.77 bits per heavy atom. The van der Waals surface area contributed by atoms with E-state index in [1.54, 1.807) is 12.4 Å². The first-order chi connectivity index (χ1) is 12.5. The molecule has 130 valence electrons. The Morgan fingerprint density at radius 1 is 0.962 bits per heavy atom. The molecule has 1 aromatic heterocycles. The van der Waals surface area contributed by atoms with Crippen molar-refractivity contribution >= 4 is 23.4 Å². The van der Waals surface area contributed by atoms with E-state index in [0.717, 1.165) is 16.7 Å². The van der Waals surface area contributed by atoms with Gasteiger partial charge in [-0.1, -0.05) is 41.9 Å². The van der Waals surface area contributed by atoms with Gasteiger partial charge in [0.05, 0.1) is 5.56 Å². The Bertz CT molecular complexity index is 954. The molecule has 0 bridgehead atoms. The summed E-state index contributed by atoms with van der Waals surface area (Å²) < 4.78 is 0. The molecule has 0 saturated heterocycles. The van der Waals surface area contributed by atoms with Crippen LogP contribution in [0, 0.1) is 0 Å². The number of nitrogens with zero attached hydrogens (tertiary/aromatic N) is 1. The van der Waals surface area contributed by atoms with Gasteiger partial charge in [-0.05, 0) is 46.5 Å². The first kappa shape index (κ1) is 17.8. The van der Waals surface area contributed by atoms with Crippen LogP contribution >= 0.6 is 11.6 Å². The molecule has 0 spiro atoms. The smallest absolute Gasteiger partial charge is 0.335 e. The van der Waals surface area contributed by atoms with Gasteiger partial charge in [-0.15, -0.1) is 0 Å². The van der Waals surface area contributed by atoms with E-state index in [9.17, 15) is 14.7 Å². The number of rotatable bonds is 6. The summed E-state index contributed by atoms with van der Waals surface area (Å²) in [5.41, 5.74) is 3.36. The van der Waals surface area contributed by atoms with Gasteiger partial charge in [-0.3, -0.25) is 9.78 Å². The standard InChI is InChI=1S/C21H16ClNO3/c22-18-6-7-20(21(25)26)17(11-18)12-19(24)10-14-3-1-4-15(9-14)16-5-2-8-23-13-16/h1-9,11,13H,10,12H2,(H,25,26). The Balaban J connectivity index is 1.77. The molecule has 3 aromatic rings. The number of hydrogen-bond donors (Lipinski definition) is 1. The summed E-state index contributed by atoms with van der Waals surface area (Å²) in [6, 6.07) is 16.0. The van der Waals surface area contributed by atoms with E-state index in [0.29, 0.717) is 10.6 Å². The summed E-state index contributed by atoms with van der Waals surface area (Å²) in [6.45, 7) is 0. The van der Waals surface area contributed by atoms with Gasteiger partial charge in [-0.25, -0.2) is 4.79 Å². The van der Waals surface area contributed by atoms with E-state index in [4.69, 9.17) is 11.6 Å². The highest BCUT2D eigenvalue weighted by Gasteiger charge is 2.14. The molecule has 0 aliphatic carbocycles. The second-order valence-corrected chi connectivity index (χ2v) is 6.38. The Kier molecular flexibility index (Phi) is 5.44. The van der Waals surface area contributed by atoms with Crippen LogP contribution in [0.5, 0.6) is 0 Å². The summed E-state index contributed by atoms with van der Waals surface area (Å²) >= 11 is 5.94. The molecule has 0 amide bonds. The summed E-state index contributed by atoms with van der Waals surface area (Å²) in [6.07, 6.45) is 3.73. The fourth-order valence-electron chi connectivity index (χ4n) is 2.81. The number of Topliss-reactive ketones (excluding diaryl/α,β-unsaturated/α-hetero) is 1. The predicted octanol–water partition coefficient (Wildman–Crippen LogP) is 4.45. The van der Waals surface area contributed by atoms with Gasteiger partial charge >= 0.3 is 5.97 Å². The monoisotopic (exact) mass is 365 g/mol. The second-order valence-electron chi connectivity index (χ2n) is 5.94. The average Bonchev–Trinajstić information content (AvgIpc) is 2.62. The Labute approximate surface area is 156 Å². The molecule has 0 atom stereocenters. The normalized spacial score (nSPS) is 10.5. The largest absolute Gasteiger partial charge is 0.478 e. The third-order valence-electron chi connectivity index (χ3n) is 4.01. The lowest BCUT2D eigenvalue weighted by Gasteiger charge is -2.08. The number of halogens is 1. The van der Waals surface area contributed by atoms with Crippen LogP contribution in [0.2, 0.25) is 5.02 Å². The van der Waals surface area contributed by atoms with Crippen molar-refractivity contribution in [3.8, 4) is 11.1 Å². The topological polar surface area (TPSA) is 67.3 Å². The van der Waals surface area contributed by atoms with Crippen molar-refractivity contribution in [1.29, 1.82) is 0 Å². The van der Waals surface area contributed by atoms with Crippen molar-refractivity contribution < 1.29 is 14.7 Å². The first-order valence-corrected chi connectivity index (χ1v) is 8.43. The lowest BCUT2D eigenvalue weighted by atomic mass is 9.97. The maximum atomic E-state index is 12.5. The van der Waals surface area contributed by atoms with Gasteiger partial charge in [0, 0.05) is 30.3 Å². The molecule has 1 heterocycles. The minimum absolute atomic E-state index is 0.0271. The summed E-state index contributed by atoms with van der Waals surface area (Å²) in [5.74, 6) is -1.14. The summed E-state index contributed by atoms with van der Waals surface area (Å²) in [5, 5.41) is 9.67. The van der Waals surface area contributed by atoms with Gasteiger partial charge in [0.25, 0.3) is 0 Å². The van der Waals surface area contributed by atoms with Crippen LogP contribution < -0.4 is 0 Å². The lowest BCUT2D eigenvalue weighted by Crippen LogP contribution is -2.11. The van der Waals surface area contributed by atoms with Crippen LogP contribution in [0.3, 0.4) is 0 Å². The van der Waals surface area contributed by atoms with Gasteiger partial charge in [0.1, 0.15) is 5.78 Å². The van der Waals surface area contributed by atoms with Gasteiger partial charge < -0.3 is 5.11 Å². The minimum Gasteiger partial charge on any atom is -0.478 e. The van der Waals surface area contributed by atoms with Crippen LogP contribution in [0.25, 0.3) is 11.1 Å². The number of hydrogen-bond acceptors (Lipinski definition) is 3. The molecule has 4 nitrogen and oxygen atoms in total. The number of benzene rings is 2. The van der Waals surface area contributed by atoms with Crippen LogP contribution in [0.4, 0.5) is 0 Å². The third-order valence-corrected chi connectivity index (χ3v) is 4.24. The highest BCUT2D eigenvalue weighted by molar-refractivity contribution is 6.30. The number of carboxylic acid groups (broad SMARTS) is 1. The molecule has 1 N–H and O–H groups in total. The molecule has 0 unspecified atom stereocenters. The molecule has 3 rings (SSSR count). The summed E-state index contributed by atoms with van der Waals surface area (Å²) in [4.78, 5) is 27.9. The average molecular weight is 366 g/mol. The SMILES string of the molecule is O=C(Cc1cccc(-c2cccnc2)c1)Cc1cc(Cl)ccc1C(=O)O. The predicted molar refractivity (Wildman–Crippen MR) is 100 cm³/mol. The number of pyridine rings is 1. The zero-order valence-corrected chi connectivity index (χ0v) is 14.6. The fourth-order valence-corrected chi connectivity index (χ4v) is 3.01. The second kappa shape index (κ2) is 7.93. The summed E-state index contributed by atoms with van der Waals surface area (Å²) in [7, 11) is 0. The van der Waals surface area contributed by atoms with Crippen LogP contribution in [0.15, 0.2) is 67.0 Å². The third kappa shape index (κ3) is 4.35. The molecule has 0 aliphatic rings. The highest BCUT2D eigenvalue weighted by atomic mass is 35.5. The van der Waals surface area contributed by atoms with Crippen molar-refractivity contribution in [2.45, 2.75) is 12.8 Å². The maximum Gasteiger partial charge on any atom is 0.335 e. The van der Waals surface area contributed by atoms with Crippen LogP contribution in [-0.2, 0) is 17.6 Å². The fraction of sp³-hybridized carbons (Fsp3) is 0.0952. The number of carbonyl (C=O) groups excluding carboxylic acids is 1. The van der Waals surface area contributed by atoms with Gasteiger partial charge in [0.15, 0.2) is 0 Å². The zero-order valence-electron chi connectivity index (χ0n) is 13.9. The minimum atomic E-state index is -1.07. The Morgan fingerprint density at radius 3 is 2.50 bits per heavy atom. The van der Waals surface area contributed by atoms with E-state index in [-0.39, 0.29) is 24.2 Å². The van der Waals surface area contributed by atoms with Crippen molar-refractivity contribution in [3.05, 3.63) is 88.7 Å². The molecule has 5 heteroatoms. The van der Waals surface area contributed by atoms with Crippen molar-refractivity contribution in [2.75, 3.05) is 0 Å². The van der Waals surface area contributed by atoms with Gasteiger partial charge in [-0.2, -0.15) is 0 Å². The van der Waals surface area contributed by atoms with Crippen LogP contribution in [-0.4, -0.2) is 21.8 Å². The molecular weight excluding hydrogens is 350 g/mol. The van der Waals surface area contributed by atoms with Gasteiger partial charge in [0.2, 0.25) is 0 Å². The highest BCUT2D eigenvalue weighted by Crippen LogP contribution is 2.21. The van der Waals surface area contributed by atoms with E-state index >= 15 is 0 Å². The van der Waals surface area contributed by atoms with Crippen molar-refractivity contribution in [1.82, 2.24) is 4.98 Å². The maximum absolute atomic E-state index is 12.5. The molecular formula is C21H16ClNO3. The first-order valence-electron chi connectivity index (χ1n) is 8.05. The number of ketones is 1. The van der Waals surface area contributed by atoms with E-state index in [1.165, 1.54) is 18.2 Å².